The number of rotatable bonds is 1. The van der Waals surface area contributed by atoms with E-state index in [4.69, 9.17) is 0 Å². The van der Waals surface area contributed by atoms with Crippen LogP contribution in [-0.2, 0) is 7.05 Å². The van der Waals surface area contributed by atoms with Crippen LogP contribution in [0.15, 0.2) is 47.3 Å². The van der Waals surface area contributed by atoms with Gasteiger partial charge in [-0.3, -0.25) is 4.57 Å². The first-order chi connectivity index (χ1) is 10.1. The molecule has 2 aromatic carbocycles. The van der Waals surface area contributed by atoms with Gasteiger partial charge in [-0.15, -0.1) is 0 Å². The molecule has 4 aromatic rings. The number of nitrogens with zero attached hydrogens (tertiary/aromatic N) is 3. The molecular weight excluding hydrogens is 264 g/mol. The first kappa shape index (κ1) is 12.0. The third-order valence-corrected chi connectivity index (χ3v) is 3.94. The van der Waals surface area contributed by atoms with Crippen molar-refractivity contribution in [2.75, 3.05) is 0 Å². The van der Waals surface area contributed by atoms with E-state index in [2.05, 4.69) is 9.97 Å². The summed E-state index contributed by atoms with van der Waals surface area (Å²) in [7, 11) is 1.99. The zero-order valence-electron chi connectivity index (χ0n) is 11.8. The summed E-state index contributed by atoms with van der Waals surface area (Å²) in [5, 5.41) is 0. The molecule has 2 heterocycles. The third-order valence-electron chi connectivity index (χ3n) is 3.94. The molecule has 104 valence electrons. The van der Waals surface area contributed by atoms with Gasteiger partial charge in [0.25, 0.3) is 0 Å². The van der Waals surface area contributed by atoms with Gasteiger partial charge in [-0.05, 0) is 37.3 Å². The molecule has 0 atom stereocenters. The van der Waals surface area contributed by atoms with E-state index in [0.29, 0.717) is 0 Å². The van der Waals surface area contributed by atoms with Gasteiger partial charge in [-0.25, -0.2) is 9.78 Å². The Hall–Kier alpha value is -2.82. The molecule has 0 saturated carbocycles. The number of para-hydroxylation sites is 2. The van der Waals surface area contributed by atoms with Gasteiger partial charge >= 0.3 is 5.69 Å². The maximum absolute atomic E-state index is 12.2. The Kier molecular flexibility index (Phi) is 2.33. The van der Waals surface area contributed by atoms with Crippen molar-refractivity contribution in [2.24, 2.45) is 7.05 Å². The molecule has 4 rings (SSSR count). The number of benzene rings is 2. The van der Waals surface area contributed by atoms with Crippen molar-refractivity contribution in [2.45, 2.75) is 6.92 Å². The molecule has 0 unspecified atom stereocenters. The number of aromatic amines is 1. The highest BCUT2D eigenvalue weighted by molar-refractivity contribution is 5.81. The van der Waals surface area contributed by atoms with Crippen LogP contribution < -0.4 is 5.69 Å². The molecule has 0 aliphatic heterocycles. The molecule has 5 nitrogen and oxygen atoms in total. The second-order valence-corrected chi connectivity index (χ2v) is 5.17. The minimum absolute atomic E-state index is 0.136. The molecule has 0 spiro atoms. The molecule has 0 bridgehead atoms. The standard InChI is InChI=1S/C16H14N4O/c1-10-17-13-9-11(7-8-14(13)19(10)2)20-15-6-4-3-5-12(15)18-16(20)21/h3-9H,1-2H3,(H,18,21). The van der Waals surface area contributed by atoms with Crippen LogP contribution in [0.4, 0.5) is 0 Å². The largest absolute Gasteiger partial charge is 0.331 e. The van der Waals surface area contributed by atoms with E-state index in [1.165, 1.54) is 0 Å². The topological polar surface area (TPSA) is 55.6 Å². The van der Waals surface area contributed by atoms with Gasteiger partial charge in [-0.2, -0.15) is 0 Å². The molecule has 0 aliphatic carbocycles. The summed E-state index contributed by atoms with van der Waals surface area (Å²) >= 11 is 0. The number of hydrogen-bond acceptors (Lipinski definition) is 2. The lowest BCUT2D eigenvalue weighted by atomic mass is 10.2. The predicted molar refractivity (Wildman–Crippen MR) is 82.9 cm³/mol. The summed E-state index contributed by atoms with van der Waals surface area (Å²) in [6.45, 7) is 1.97. The second-order valence-electron chi connectivity index (χ2n) is 5.17. The van der Waals surface area contributed by atoms with E-state index in [0.717, 1.165) is 33.6 Å². The van der Waals surface area contributed by atoms with Gasteiger partial charge in [0.1, 0.15) is 5.82 Å². The van der Waals surface area contributed by atoms with Gasteiger partial charge in [0.05, 0.1) is 27.8 Å². The fourth-order valence-corrected chi connectivity index (χ4v) is 2.76. The van der Waals surface area contributed by atoms with E-state index < -0.39 is 0 Å². The Morgan fingerprint density at radius 3 is 2.76 bits per heavy atom. The van der Waals surface area contributed by atoms with E-state index in [1.54, 1.807) is 4.57 Å². The van der Waals surface area contributed by atoms with E-state index in [-0.39, 0.29) is 5.69 Å². The molecule has 21 heavy (non-hydrogen) atoms. The van der Waals surface area contributed by atoms with Crippen molar-refractivity contribution in [3.05, 3.63) is 58.8 Å². The average molecular weight is 278 g/mol. The number of nitrogens with one attached hydrogen (secondary N) is 1. The molecule has 0 radical (unpaired) electrons. The third kappa shape index (κ3) is 1.64. The van der Waals surface area contributed by atoms with E-state index in [1.807, 2.05) is 61.0 Å². The average Bonchev–Trinajstić information content (AvgIpc) is 2.95. The number of H-pyrrole nitrogens is 1. The van der Waals surface area contributed by atoms with Crippen LogP contribution in [0, 0.1) is 6.92 Å². The molecule has 2 aromatic heterocycles. The van der Waals surface area contributed by atoms with Crippen LogP contribution in [0.25, 0.3) is 27.8 Å². The zero-order chi connectivity index (χ0) is 14.6. The molecule has 0 amide bonds. The van der Waals surface area contributed by atoms with Crippen LogP contribution in [0.1, 0.15) is 5.82 Å². The zero-order valence-corrected chi connectivity index (χ0v) is 11.8. The summed E-state index contributed by atoms with van der Waals surface area (Å²) in [5.74, 6) is 0.952. The monoisotopic (exact) mass is 278 g/mol. The van der Waals surface area contributed by atoms with Crippen molar-refractivity contribution >= 4 is 22.1 Å². The van der Waals surface area contributed by atoms with Crippen molar-refractivity contribution in [1.29, 1.82) is 0 Å². The number of hydrogen-bond donors (Lipinski definition) is 1. The van der Waals surface area contributed by atoms with Crippen molar-refractivity contribution < 1.29 is 0 Å². The van der Waals surface area contributed by atoms with Crippen molar-refractivity contribution in [1.82, 2.24) is 19.1 Å². The molecule has 0 aliphatic rings. The summed E-state index contributed by atoms with van der Waals surface area (Å²) in [6.07, 6.45) is 0. The molecule has 5 heteroatoms. The number of aryl methyl sites for hydroxylation is 2. The Morgan fingerprint density at radius 2 is 1.90 bits per heavy atom. The maximum atomic E-state index is 12.2. The summed E-state index contributed by atoms with van der Waals surface area (Å²) < 4.78 is 3.72. The highest BCUT2D eigenvalue weighted by atomic mass is 16.1. The fourth-order valence-electron chi connectivity index (χ4n) is 2.76. The van der Waals surface area contributed by atoms with Gasteiger partial charge in [0.2, 0.25) is 0 Å². The van der Waals surface area contributed by atoms with Gasteiger partial charge in [0.15, 0.2) is 0 Å². The quantitative estimate of drug-likeness (QED) is 0.581. The maximum Gasteiger partial charge on any atom is 0.331 e. The summed E-state index contributed by atoms with van der Waals surface area (Å²) in [4.78, 5) is 19.6. The van der Waals surface area contributed by atoms with Gasteiger partial charge < -0.3 is 9.55 Å². The SMILES string of the molecule is Cc1nc2cc(-n3c(=O)[nH]c4ccccc43)ccc2n1C. The number of imidazole rings is 2. The Bertz CT molecular complexity index is 1040. The number of aromatic nitrogens is 4. The Labute approximate surface area is 120 Å². The highest BCUT2D eigenvalue weighted by Crippen LogP contribution is 2.20. The molecule has 0 saturated heterocycles. The van der Waals surface area contributed by atoms with Crippen LogP contribution in [0.2, 0.25) is 0 Å². The van der Waals surface area contributed by atoms with Crippen LogP contribution in [0.5, 0.6) is 0 Å². The smallest absolute Gasteiger partial charge is 0.331 e. The van der Waals surface area contributed by atoms with Crippen molar-refractivity contribution in [3.63, 3.8) is 0 Å². The van der Waals surface area contributed by atoms with Gasteiger partial charge in [0, 0.05) is 7.05 Å². The summed E-state index contributed by atoms with van der Waals surface area (Å²) in [6, 6.07) is 13.6. The highest BCUT2D eigenvalue weighted by Gasteiger charge is 2.10. The summed E-state index contributed by atoms with van der Waals surface area (Å²) in [5.41, 5.74) is 4.34. The van der Waals surface area contributed by atoms with Crippen molar-refractivity contribution in [3.8, 4) is 5.69 Å². The first-order valence-corrected chi connectivity index (χ1v) is 6.78. The Balaban J connectivity index is 2.04. The molecule has 1 N–H and O–H groups in total. The molecule has 0 fully saturated rings. The predicted octanol–water partition coefficient (Wildman–Crippen LogP) is 2.51. The van der Waals surface area contributed by atoms with Crippen LogP contribution in [-0.4, -0.2) is 19.1 Å². The van der Waals surface area contributed by atoms with Gasteiger partial charge in [-0.1, -0.05) is 12.1 Å². The lowest BCUT2D eigenvalue weighted by molar-refractivity contribution is 0.886. The van der Waals surface area contributed by atoms with Crippen LogP contribution in [0.3, 0.4) is 0 Å². The minimum Gasteiger partial charge on any atom is -0.331 e. The van der Waals surface area contributed by atoms with E-state index in [9.17, 15) is 4.79 Å². The lowest BCUT2D eigenvalue weighted by Gasteiger charge is -2.03. The van der Waals surface area contributed by atoms with E-state index >= 15 is 0 Å². The normalized spacial score (nSPS) is 11.5. The van der Waals surface area contributed by atoms with Crippen LogP contribution >= 0.6 is 0 Å². The molecular formula is C16H14N4O. The fraction of sp³-hybridized carbons (Fsp3) is 0.125. The second kappa shape index (κ2) is 4.09. The first-order valence-electron chi connectivity index (χ1n) is 6.78. The minimum atomic E-state index is -0.136. The lowest BCUT2D eigenvalue weighted by Crippen LogP contribution is -2.14. The Morgan fingerprint density at radius 1 is 1.10 bits per heavy atom. The number of fused-ring (bicyclic) bond motifs is 2.